The first kappa shape index (κ1) is 23.7. The van der Waals surface area contributed by atoms with Gasteiger partial charge in [-0.3, -0.25) is 9.59 Å². The van der Waals surface area contributed by atoms with Crippen LogP contribution in [-0.4, -0.2) is 60.7 Å². The number of carbonyl (C=O) groups is 2. The number of ether oxygens (including phenoxy) is 3. The van der Waals surface area contributed by atoms with Crippen molar-refractivity contribution in [3.8, 4) is 17.2 Å². The molecule has 2 atom stereocenters. The lowest BCUT2D eigenvalue weighted by molar-refractivity contribution is -0.134. The highest BCUT2D eigenvalue weighted by atomic mass is 16.7. The van der Waals surface area contributed by atoms with Crippen molar-refractivity contribution >= 4 is 11.8 Å². The van der Waals surface area contributed by atoms with E-state index >= 15 is 0 Å². The number of fused-ring (bicyclic) bond motifs is 1. The molecule has 186 valence electrons. The van der Waals surface area contributed by atoms with E-state index in [2.05, 4.69) is 12.1 Å². The second-order valence-electron chi connectivity index (χ2n) is 9.23. The number of hydrogen-bond donors (Lipinski definition) is 0. The number of benzene rings is 3. The first-order chi connectivity index (χ1) is 17.5. The van der Waals surface area contributed by atoms with Crippen LogP contribution in [-0.2, 0) is 17.6 Å². The molecular weight excluding hydrogens is 456 g/mol. The molecule has 36 heavy (non-hydrogen) atoms. The van der Waals surface area contributed by atoms with Crippen molar-refractivity contribution in [2.24, 2.45) is 0 Å². The summed E-state index contributed by atoms with van der Waals surface area (Å²) in [5, 5.41) is 0. The number of carbonyl (C=O) groups excluding carboxylic acids is 2. The van der Waals surface area contributed by atoms with Crippen LogP contribution in [0.3, 0.4) is 0 Å². The van der Waals surface area contributed by atoms with E-state index < -0.39 is 0 Å². The van der Waals surface area contributed by atoms with Gasteiger partial charge in [-0.25, -0.2) is 0 Å². The van der Waals surface area contributed by atoms with Crippen molar-refractivity contribution in [1.29, 1.82) is 0 Å². The summed E-state index contributed by atoms with van der Waals surface area (Å²) in [4.78, 5) is 30.3. The molecule has 1 saturated heterocycles. The molecule has 5 rings (SSSR count). The van der Waals surface area contributed by atoms with Crippen molar-refractivity contribution in [1.82, 2.24) is 9.80 Å². The van der Waals surface area contributed by atoms with Gasteiger partial charge in [0.25, 0.3) is 5.91 Å². The van der Waals surface area contributed by atoms with Gasteiger partial charge in [0.05, 0.1) is 19.2 Å². The predicted octanol–water partition coefficient (Wildman–Crippen LogP) is 3.95. The van der Waals surface area contributed by atoms with Crippen molar-refractivity contribution in [2.45, 2.75) is 31.8 Å². The van der Waals surface area contributed by atoms with E-state index in [1.807, 2.05) is 70.5 Å². The Morgan fingerprint density at radius 3 is 2.19 bits per heavy atom. The molecule has 0 saturated carbocycles. The Balaban J connectivity index is 1.47. The first-order valence-corrected chi connectivity index (χ1v) is 12.2. The highest BCUT2D eigenvalue weighted by molar-refractivity contribution is 5.94. The predicted molar refractivity (Wildman–Crippen MR) is 135 cm³/mol. The highest BCUT2D eigenvalue weighted by Crippen LogP contribution is 2.42. The third-order valence-electron chi connectivity index (χ3n) is 6.89. The minimum absolute atomic E-state index is 0.0102. The fourth-order valence-corrected chi connectivity index (χ4v) is 5.14. The normalized spacial score (nSPS) is 18.7. The van der Waals surface area contributed by atoms with Crippen molar-refractivity contribution in [2.75, 3.05) is 27.0 Å². The Kier molecular flexibility index (Phi) is 6.80. The lowest BCUT2D eigenvalue weighted by Crippen LogP contribution is -2.62. The van der Waals surface area contributed by atoms with E-state index in [0.717, 1.165) is 11.1 Å². The van der Waals surface area contributed by atoms with Crippen LogP contribution in [0.2, 0.25) is 0 Å². The van der Waals surface area contributed by atoms with Gasteiger partial charge in [0, 0.05) is 25.6 Å². The number of amides is 2. The van der Waals surface area contributed by atoms with Crippen LogP contribution in [0.15, 0.2) is 72.8 Å². The molecule has 7 heteroatoms. The standard InChI is InChI=1S/C29H30N2O5/c1-20(32)30-17-25(14-22-15-26(34-2)28-27(16-22)35-19-36-28)31(29(33)23-11-7-4-8-12-23)18-24(30)13-21-9-5-3-6-10-21/h3-12,15-16,24-25H,13-14,17-19H2,1-2H3/t24-,25-/m0/s1. The average molecular weight is 487 g/mol. The number of nitrogens with zero attached hydrogens (tertiary/aromatic N) is 2. The number of rotatable bonds is 6. The lowest BCUT2D eigenvalue weighted by atomic mass is 9.94. The zero-order chi connectivity index (χ0) is 25.1. The van der Waals surface area contributed by atoms with E-state index in [0.29, 0.717) is 48.7 Å². The fourth-order valence-electron chi connectivity index (χ4n) is 5.14. The van der Waals surface area contributed by atoms with Gasteiger partial charge >= 0.3 is 0 Å². The Labute approximate surface area is 211 Å². The lowest BCUT2D eigenvalue weighted by Gasteiger charge is -2.46. The van der Waals surface area contributed by atoms with E-state index in [-0.39, 0.29) is 30.7 Å². The van der Waals surface area contributed by atoms with Gasteiger partial charge in [0.15, 0.2) is 11.5 Å². The Hall–Kier alpha value is -4.00. The number of hydrogen-bond acceptors (Lipinski definition) is 5. The summed E-state index contributed by atoms with van der Waals surface area (Å²) in [6.07, 6.45) is 1.23. The molecule has 7 nitrogen and oxygen atoms in total. The van der Waals surface area contributed by atoms with Crippen LogP contribution < -0.4 is 14.2 Å². The van der Waals surface area contributed by atoms with Crippen molar-refractivity contribution in [3.63, 3.8) is 0 Å². The molecule has 0 N–H and O–H groups in total. The molecule has 3 aromatic rings. The molecule has 0 bridgehead atoms. The zero-order valence-corrected chi connectivity index (χ0v) is 20.6. The quantitative estimate of drug-likeness (QED) is 0.528. The van der Waals surface area contributed by atoms with Crippen LogP contribution >= 0.6 is 0 Å². The van der Waals surface area contributed by atoms with Gasteiger partial charge in [-0.05, 0) is 48.2 Å². The van der Waals surface area contributed by atoms with Crippen LogP contribution in [0.25, 0.3) is 0 Å². The smallest absolute Gasteiger partial charge is 0.254 e. The fraction of sp³-hybridized carbons (Fsp3) is 0.310. The van der Waals surface area contributed by atoms with Gasteiger partial charge < -0.3 is 24.0 Å². The van der Waals surface area contributed by atoms with Crippen LogP contribution in [0, 0.1) is 0 Å². The molecule has 2 heterocycles. The monoisotopic (exact) mass is 486 g/mol. The molecular formula is C29H30N2O5. The number of methoxy groups -OCH3 is 1. The second-order valence-corrected chi connectivity index (χ2v) is 9.23. The van der Waals surface area contributed by atoms with Gasteiger partial charge in [0.1, 0.15) is 0 Å². The molecule has 2 aliphatic rings. The van der Waals surface area contributed by atoms with Crippen LogP contribution in [0.5, 0.6) is 17.2 Å². The molecule has 0 aromatic heterocycles. The summed E-state index contributed by atoms with van der Waals surface area (Å²) in [6.45, 7) is 2.65. The molecule has 2 amide bonds. The Morgan fingerprint density at radius 1 is 0.861 bits per heavy atom. The van der Waals surface area contributed by atoms with E-state index in [1.54, 1.807) is 14.0 Å². The zero-order valence-electron chi connectivity index (χ0n) is 20.6. The van der Waals surface area contributed by atoms with Gasteiger partial charge in [-0.15, -0.1) is 0 Å². The molecule has 2 aliphatic heterocycles. The minimum atomic E-state index is -0.210. The molecule has 0 aliphatic carbocycles. The summed E-state index contributed by atoms with van der Waals surface area (Å²) in [5.41, 5.74) is 2.73. The maximum atomic E-state index is 13.7. The summed E-state index contributed by atoms with van der Waals surface area (Å²) >= 11 is 0. The van der Waals surface area contributed by atoms with Crippen LogP contribution in [0.1, 0.15) is 28.4 Å². The van der Waals surface area contributed by atoms with E-state index in [4.69, 9.17) is 14.2 Å². The maximum absolute atomic E-state index is 13.7. The van der Waals surface area contributed by atoms with E-state index in [1.165, 1.54) is 0 Å². The Bertz CT molecular complexity index is 1230. The summed E-state index contributed by atoms with van der Waals surface area (Å²) in [6, 6.07) is 23.0. The third-order valence-corrected chi connectivity index (χ3v) is 6.89. The molecule has 0 radical (unpaired) electrons. The van der Waals surface area contributed by atoms with Crippen molar-refractivity contribution < 1.29 is 23.8 Å². The summed E-state index contributed by atoms with van der Waals surface area (Å²) < 4.78 is 16.7. The van der Waals surface area contributed by atoms with Gasteiger partial charge in [-0.1, -0.05) is 48.5 Å². The molecule has 0 spiro atoms. The van der Waals surface area contributed by atoms with Gasteiger partial charge in [0.2, 0.25) is 18.4 Å². The highest BCUT2D eigenvalue weighted by Gasteiger charge is 2.38. The second kappa shape index (κ2) is 10.3. The summed E-state index contributed by atoms with van der Waals surface area (Å²) in [7, 11) is 1.60. The largest absolute Gasteiger partial charge is 0.493 e. The van der Waals surface area contributed by atoms with E-state index in [9.17, 15) is 9.59 Å². The SMILES string of the molecule is COc1cc(C[C@H]2CN(C(C)=O)[C@@H](Cc3ccccc3)CN2C(=O)c2ccccc2)cc2c1OCO2. The van der Waals surface area contributed by atoms with Crippen LogP contribution in [0.4, 0.5) is 0 Å². The Morgan fingerprint density at radius 2 is 1.50 bits per heavy atom. The van der Waals surface area contributed by atoms with Gasteiger partial charge in [-0.2, -0.15) is 0 Å². The average Bonchev–Trinajstić information content (AvgIpc) is 3.38. The van der Waals surface area contributed by atoms with Crippen molar-refractivity contribution in [3.05, 3.63) is 89.5 Å². The topological polar surface area (TPSA) is 68.3 Å². The minimum Gasteiger partial charge on any atom is -0.493 e. The molecule has 0 unspecified atom stereocenters. The maximum Gasteiger partial charge on any atom is 0.254 e. The molecule has 3 aromatic carbocycles. The molecule has 1 fully saturated rings. The number of piperazine rings is 1. The summed E-state index contributed by atoms with van der Waals surface area (Å²) in [5.74, 6) is 1.80. The first-order valence-electron chi connectivity index (χ1n) is 12.2. The third kappa shape index (κ3) is 4.87.